The summed E-state index contributed by atoms with van der Waals surface area (Å²) in [5, 5.41) is 2.71. The number of benzene rings is 1. The quantitative estimate of drug-likeness (QED) is 0.608. The normalized spacial score (nSPS) is 11.0. The number of carbonyl (C=O) groups is 1. The van der Waals surface area contributed by atoms with Crippen molar-refractivity contribution in [1.29, 1.82) is 0 Å². The highest BCUT2D eigenvalue weighted by molar-refractivity contribution is 14.1. The average molecular weight is 439 g/mol. The predicted octanol–water partition coefficient (Wildman–Crippen LogP) is 0.677. The molecule has 0 aliphatic carbocycles. The van der Waals surface area contributed by atoms with Crippen LogP contribution in [0.1, 0.15) is 0 Å². The highest BCUT2D eigenvalue weighted by atomic mass is 127. The third-order valence-electron chi connectivity index (χ3n) is 3.65. The molecule has 2 heterocycles. The Hall–Kier alpha value is -2.43. The number of hydrogen-bond acceptors (Lipinski definition) is 4. The maximum Gasteiger partial charge on any atom is 0.332 e. The Bertz CT molecular complexity index is 1060. The lowest BCUT2D eigenvalue weighted by Gasteiger charge is -2.10. The van der Waals surface area contributed by atoms with Crippen molar-refractivity contribution >= 4 is 45.3 Å². The standard InChI is InChI=1S/C15H14IN5O3/c1-19-8-17-13-12(19)14(23)21(15(24)20(13)2)7-11(22)18-10-6-4-3-5-9(10)16/h3-6,8H,7H2,1-2H3,(H,18,22). The molecule has 0 atom stereocenters. The molecule has 0 radical (unpaired) electrons. The van der Waals surface area contributed by atoms with Crippen molar-refractivity contribution in [3.63, 3.8) is 0 Å². The summed E-state index contributed by atoms with van der Waals surface area (Å²) in [6, 6.07) is 7.26. The largest absolute Gasteiger partial charge is 0.332 e. The van der Waals surface area contributed by atoms with Gasteiger partial charge in [0.1, 0.15) is 6.54 Å². The first kappa shape index (κ1) is 16.4. The summed E-state index contributed by atoms with van der Waals surface area (Å²) in [5.74, 6) is -0.445. The van der Waals surface area contributed by atoms with Crippen LogP contribution >= 0.6 is 22.6 Å². The number of imidazole rings is 1. The number of fused-ring (bicyclic) bond motifs is 1. The molecule has 0 fully saturated rings. The van der Waals surface area contributed by atoms with Crippen molar-refractivity contribution in [2.75, 3.05) is 5.32 Å². The first-order valence-electron chi connectivity index (χ1n) is 7.05. The van der Waals surface area contributed by atoms with E-state index in [1.165, 1.54) is 22.5 Å². The van der Waals surface area contributed by atoms with E-state index in [1.54, 1.807) is 19.2 Å². The van der Waals surface area contributed by atoms with E-state index in [0.29, 0.717) is 11.3 Å². The Morgan fingerprint density at radius 1 is 1.25 bits per heavy atom. The van der Waals surface area contributed by atoms with Gasteiger partial charge in [-0.2, -0.15) is 0 Å². The van der Waals surface area contributed by atoms with Gasteiger partial charge in [-0.15, -0.1) is 0 Å². The average Bonchev–Trinajstić information content (AvgIpc) is 2.94. The molecule has 0 bridgehead atoms. The highest BCUT2D eigenvalue weighted by Gasteiger charge is 2.17. The van der Waals surface area contributed by atoms with Gasteiger partial charge in [0, 0.05) is 17.7 Å². The molecule has 1 amide bonds. The summed E-state index contributed by atoms with van der Waals surface area (Å²) >= 11 is 2.10. The molecule has 0 saturated carbocycles. The Kier molecular flexibility index (Phi) is 4.26. The van der Waals surface area contributed by atoms with Crippen molar-refractivity contribution in [3.8, 4) is 0 Å². The fourth-order valence-corrected chi connectivity index (χ4v) is 2.95. The van der Waals surface area contributed by atoms with Crippen molar-refractivity contribution in [2.24, 2.45) is 14.1 Å². The molecule has 3 aromatic rings. The zero-order chi connectivity index (χ0) is 17.4. The lowest BCUT2D eigenvalue weighted by Crippen LogP contribution is -2.42. The topological polar surface area (TPSA) is 90.9 Å². The summed E-state index contributed by atoms with van der Waals surface area (Å²) < 4.78 is 4.57. The number of anilines is 1. The molecule has 9 heteroatoms. The number of nitrogens with one attached hydrogen (secondary N) is 1. The van der Waals surface area contributed by atoms with E-state index < -0.39 is 17.2 Å². The predicted molar refractivity (Wildman–Crippen MR) is 98.0 cm³/mol. The number of nitrogens with zero attached hydrogens (tertiary/aromatic N) is 4. The smallest absolute Gasteiger partial charge is 0.328 e. The highest BCUT2D eigenvalue weighted by Crippen LogP contribution is 2.16. The second-order valence-electron chi connectivity index (χ2n) is 5.29. The number of hydrogen-bond donors (Lipinski definition) is 1. The molecular formula is C15H14IN5O3. The maximum absolute atomic E-state index is 12.5. The van der Waals surface area contributed by atoms with E-state index in [2.05, 4.69) is 32.9 Å². The van der Waals surface area contributed by atoms with E-state index in [0.717, 1.165) is 8.14 Å². The zero-order valence-electron chi connectivity index (χ0n) is 13.0. The number of amides is 1. The van der Waals surface area contributed by atoms with Gasteiger partial charge < -0.3 is 9.88 Å². The van der Waals surface area contributed by atoms with Crippen molar-refractivity contribution < 1.29 is 4.79 Å². The van der Waals surface area contributed by atoms with Crippen LogP contribution in [0.25, 0.3) is 11.2 Å². The minimum atomic E-state index is -0.580. The van der Waals surface area contributed by atoms with Gasteiger partial charge in [0.05, 0.1) is 12.0 Å². The minimum Gasteiger partial charge on any atom is -0.328 e. The Balaban J connectivity index is 2.00. The molecule has 0 unspecified atom stereocenters. The van der Waals surface area contributed by atoms with Gasteiger partial charge in [0.2, 0.25) is 5.91 Å². The lowest BCUT2D eigenvalue weighted by atomic mass is 10.3. The van der Waals surface area contributed by atoms with E-state index in [-0.39, 0.29) is 12.1 Å². The van der Waals surface area contributed by atoms with Gasteiger partial charge in [0.25, 0.3) is 5.56 Å². The fraction of sp³-hybridized carbons (Fsp3) is 0.200. The maximum atomic E-state index is 12.5. The van der Waals surface area contributed by atoms with Crippen LogP contribution in [0.3, 0.4) is 0 Å². The van der Waals surface area contributed by atoms with Crippen LogP contribution in [0.4, 0.5) is 5.69 Å². The SMILES string of the molecule is Cn1cnc2c1c(=O)n(CC(=O)Nc1ccccc1I)c(=O)n2C. The molecule has 0 saturated heterocycles. The van der Waals surface area contributed by atoms with E-state index in [9.17, 15) is 14.4 Å². The zero-order valence-corrected chi connectivity index (χ0v) is 15.1. The van der Waals surface area contributed by atoms with Crippen LogP contribution in [0.5, 0.6) is 0 Å². The van der Waals surface area contributed by atoms with Crippen LogP contribution in [-0.4, -0.2) is 24.6 Å². The van der Waals surface area contributed by atoms with Crippen molar-refractivity contribution in [3.05, 3.63) is 55.0 Å². The number of rotatable bonds is 3. The summed E-state index contributed by atoms with van der Waals surface area (Å²) in [5.41, 5.74) is 0.0886. The fourth-order valence-electron chi connectivity index (χ4n) is 2.43. The molecular weight excluding hydrogens is 425 g/mol. The van der Waals surface area contributed by atoms with Crippen LogP contribution in [0.15, 0.2) is 40.2 Å². The van der Waals surface area contributed by atoms with Gasteiger partial charge in [-0.1, -0.05) is 12.1 Å². The van der Waals surface area contributed by atoms with E-state index >= 15 is 0 Å². The Labute approximate surface area is 149 Å². The van der Waals surface area contributed by atoms with Gasteiger partial charge in [-0.3, -0.25) is 14.2 Å². The molecule has 124 valence electrons. The number of carbonyl (C=O) groups excluding carboxylic acids is 1. The van der Waals surface area contributed by atoms with Gasteiger partial charge in [0.15, 0.2) is 11.2 Å². The summed E-state index contributed by atoms with van der Waals surface area (Å²) in [7, 11) is 3.18. The molecule has 0 spiro atoms. The van der Waals surface area contributed by atoms with E-state index in [1.807, 2.05) is 12.1 Å². The molecule has 1 aromatic carbocycles. The van der Waals surface area contributed by atoms with Gasteiger partial charge in [-0.25, -0.2) is 14.3 Å². The van der Waals surface area contributed by atoms with Gasteiger partial charge in [-0.05, 0) is 34.7 Å². The van der Waals surface area contributed by atoms with Crippen molar-refractivity contribution in [2.45, 2.75) is 6.54 Å². The second-order valence-corrected chi connectivity index (χ2v) is 6.45. The second kappa shape index (κ2) is 6.23. The van der Waals surface area contributed by atoms with Gasteiger partial charge >= 0.3 is 5.69 Å². The molecule has 0 aliphatic rings. The Morgan fingerprint density at radius 3 is 2.67 bits per heavy atom. The first-order chi connectivity index (χ1) is 11.4. The number of aryl methyl sites for hydroxylation is 2. The number of halogens is 1. The molecule has 3 rings (SSSR count). The number of para-hydroxylation sites is 1. The summed E-state index contributed by atoms with van der Waals surface area (Å²) in [4.78, 5) is 41.2. The summed E-state index contributed by atoms with van der Waals surface area (Å²) in [6.45, 7) is -0.363. The lowest BCUT2D eigenvalue weighted by molar-refractivity contribution is -0.116. The molecule has 0 aliphatic heterocycles. The van der Waals surface area contributed by atoms with Crippen LogP contribution in [0.2, 0.25) is 0 Å². The third kappa shape index (κ3) is 2.75. The first-order valence-corrected chi connectivity index (χ1v) is 8.13. The van der Waals surface area contributed by atoms with Crippen LogP contribution in [-0.2, 0) is 25.4 Å². The monoisotopic (exact) mass is 439 g/mol. The van der Waals surface area contributed by atoms with Crippen molar-refractivity contribution in [1.82, 2.24) is 18.7 Å². The summed E-state index contributed by atoms with van der Waals surface area (Å²) in [6.07, 6.45) is 1.46. The van der Waals surface area contributed by atoms with Crippen LogP contribution in [0, 0.1) is 3.57 Å². The molecule has 8 nitrogen and oxygen atoms in total. The van der Waals surface area contributed by atoms with Crippen LogP contribution < -0.4 is 16.6 Å². The Morgan fingerprint density at radius 2 is 1.96 bits per heavy atom. The molecule has 1 N–H and O–H groups in total. The van der Waals surface area contributed by atoms with E-state index in [4.69, 9.17) is 0 Å². The molecule has 24 heavy (non-hydrogen) atoms. The molecule has 2 aromatic heterocycles. The minimum absolute atomic E-state index is 0.277. The number of aromatic nitrogens is 4. The third-order valence-corrected chi connectivity index (χ3v) is 4.59.